The van der Waals surface area contributed by atoms with E-state index < -0.39 is 16.5 Å². The second kappa shape index (κ2) is 3.27. The van der Waals surface area contributed by atoms with Crippen LogP contribution in [0, 0.1) is 5.41 Å². The van der Waals surface area contributed by atoms with Crippen LogP contribution in [0.15, 0.2) is 11.5 Å². The zero-order valence-corrected chi connectivity index (χ0v) is 10.4. The molecule has 15 heavy (non-hydrogen) atoms. The smallest absolute Gasteiger partial charge is 0.400 e. The molecule has 88 valence electrons. The van der Waals surface area contributed by atoms with Crippen molar-refractivity contribution in [2.45, 2.75) is 45.7 Å². The quantitative estimate of drug-likeness (QED) is 0.704. The van der Waals surface area contributed by atoms with Gasteiger partial charge in [-0.25, -0.2) is 0 Å². The number of alkyl halides is 2. The van der Waals surface area contributed by atoms with E-state index in [1.807, 2.05) is 0 Å². The molecule has 0 saturated carbocycles. The number of hydrogen-bond acceptors (Lipinski definition) is 3. The largest absolute Gasteiger partial charge is 0.585 e. The highest BCUT2D eigenvalue weighted by molar-refractivity contribution is 7.82. The van der Waals surface area contributed by atoms with Crippen LogP contribution in [0.1, 0.15) is 34.6 Å². The van der Waals surface area contributed by atoms with Crippen LogP contribution >= 0.6 is 12.6 Å². The van der Waals surface area contributed by atoms with Crippen LogP contribution < -0.4 is 0 Å². The molecule has 0 spiro atoms. The molecule has 1 heterocycles. The summed E-state index contributed by atoms with van der Waals surface area (Å²) in [6.07, 6.45) is -3.57. The molecule has 0 aromatic carbocycles. The number of halogens is 2. The maximum Gasteiger partial charge on any atom is 0.585 e. The first kappa shape index (κ1) is 12.6. The van der Waals surface area contributed by atoms with Gasteiger partial charge in [0, 0.05) is 5.41 Å². The van der Waals surface area contributed by atoms with Gasteiger partial charge in [0.25, 0.3) is 0 Å². The molecule has 0 aromatic heterocycles. The molecule has 0 fully saturated rings. The van der Waals surface area contributed by atoms with E-state index in [0.29, 0.717) is 0 Å². The molecular weight excluding hydrogens is 222 g/mol. The lowest BCUT2D eigenvalue weighted by molar-refractivity contribution is -0.341. The van der Waals surface area contributed by atoms with Crippen molar-refractivity contribution in [2.24, 2.45) is 5.41 Å². The predicted molar refractivity (Wildman–Crippen MR) is 56.7 cm³/mol. The van der Waals surface area contributed by atoms with Gasteiger partial charge >= 0.3 is 6.29 Å². The maximum atomic E-state index is 13.0. The first-order valence-corrected chi connectivity index (χ1v) is 5.12. The third-order valence-electron chi connectivity index (χ3n) is 1.88. The van der Waals surface area contributed by atoms with E-state index in [0.717, 1.165) is 0 Å². The Morgan fingerprint density at radius 3 is 1.67 bits per heavy atom. The molecule has 1 rings (SSSR count). The third kappa shape index (κ3) is 2.77. The molecule has 1 aliphatic rings. The molecule has 5 heteroatoms. The summed E-state index contributed by atoms with van der Waals surface area (Å²) in [5, 5.41) is 0. The van der Waals surface area contributed by atoms with Crippen molar-refractivity contribution in [3.63, 3.8) is 0 Å². The molecule has 0 saturated heterocycles. The van der Waals surface area contributed by atoms with Crippen LogP contribution in [-0.4, -0.2) is 11.0 Å². The van der Waals surface area contributed by atoms with Crippen LogP contribution in [0.2, 0.25) is 0 Å². The number of allylic oxidation sites excluding steroid dienone is 1. The summed E-state index contributed by atoms with van der Waals surface area (Å²) in [5.74, 6) is 0.260. The SMILES string of the molecule is CC(C)(C)C1=C(C(C)(C)S)OC(F)(F)O1. The summed E-state index contributed by atoms with van der Waals surface area (Å²) in [4.78, 5) is 0. The molecular formula is C10H16F2O2S. The summed E-state index contributed by atoms with van der Waals surface area (Å²) < 4.78 is 34.2. The summed E-state index contributed by atoms with van der Waals surface area (Å²) in [6.45, 7) is 8.72. The number of rotatable bonds is 1. The average molecular weight is 238 g/mol. The second-order valence-corrected chi connectivity index (χ2v) is 6.25. The van der Waals surface area contributed by atoms with Crippen molar-refractivity contribution >= 4 is 12.6 Å². The molecule has 1 aliphatic heterocycles. The van der Waals surface area contributed by atoms with Crippen LogP contribution in [-0.2, 0) is 9.47 Å². The Morgan fingerprint density at radius 1 is 1.00 bits per heavy atom. The van der Waals surface area contributed by atoms with Crippen molar-refractivity contribution in [3.8, 4) is 0 Å². The molecule has 0 unspecified atom stereocenters. The molecule has 0 aliphatic carbocycles. The zero-order chi connectivity index (χ0) is 12.1. The van der Waals surface area contributed by atoms with Crippen molar-refractivity contribution < 1.29 is 18.3 Å². The fraction of sp³-hybridized carbons (Fsp3) is 0.800. The summed E-state index contributed by atoms with van der Waals surface area (Å²) in [5.41, 5.74) is -0.532. The lowest BCUT2D eigenvalue weighted by atomic mass is 9.91. The normalized spacial score (nSPS) is 21.3. The van der Waals surface area contributed by atoms with Gasteiger partial charge < -0.3 is 9.47 Å². The lowest BCUT2D eigenvalue weighted by Gasteiger charge is -2.23. The second-order valence-electron chi connectivity index (χ2n) is 5.13. The number of thiol groups is 1. The Hall–Kier alpha value is -0.450. The highest BCUT2D eigenvalue weighted by Crippen LogP contribution is 2.46. The molecule has 0 N–H and O–H groups in total. The molecule has 0 bridgehead atoms. The average Bonchev–Trinajstić information content (AvgIpc) is 2.23. The first-order valence-electron chi connectivity index (χ1n) is 4.67. The Kier molecular flexibility index (Phi) is 2.75. The third-order valence-corrected chi connectivity index (χ3v) is 2.09. The minimum atomic E-state index is -3.57. The lowest BCUT2D eigenvalue weighted by Crippen LogP contribution is -2.22. The highest BCUT2D eigenvalue weighted by Gasteiger charge is 2.51. The fourth-order valence-corrected chi connectivity index (χ4v) is 1.39. The Bertz CT molecular complexity index is 270. The Labute approximate surface area is 94.0 Å². The van der Waals surface area contributed by atoms with Gasteiger partial charge in [-0.1, -0.05) is 20.8 Å². The van der Waals surface area contributed by atoms with Gasteiger partial charge in [0.2, 0.25) is 0 Å². The van der Waals surface area contributed by atoms with E-state index in [9.17, 15) is 8.78 Å². The maximum absolute atomic E-state index is 13.0. The van der Waals surface area contributed by atoms with Gasteiger partial charge in [-0.3, -0.25) is 0 Å². The number of hydrogen-bond donors (Lipinski definition) is 1. The minimum Gasteiger partial charge on any atom is -0.400 e. The molecule has 2 nitrogen and oxygen atoms in total. The van der Waals surface area contributed by atoms with E-state index in [-0.39, 0.29) is 11.5 Å². The first-order chi connectivity index (χ1) is 6.43. The number of ether oxygens (including phenoxy) is 2. The predicted octanol–water partition coefficient (Wildman–Crippen LogP) is 3.55. The Morgan fingerprint density at radius 2 is 1.40 bits per heavy atom. The van der Waals surface area contributed by atoms with E-state index in [1.54, 1.807) is 34.6 Å². The molecule has 0 aromatic rings. The summed E-state index contributed by atoms with van der Waals surface area (Å²) in [7, 11) is 0. The topological polar surface area (TPSA) is 18.5 Å². The van der Waals surface area contributed by atoms with Crippen LogP contribution in [0.25, 0.3) is 0 Å². The highest BCUT2D eigenvalue weighted by atomic mass is 32.1. The van der Waals surface area contributed by atoms with E-state index in [1.165, 1.54) is 0 Å². The van der Waals surface area contributed by atoms with Gasteiger partial charge in [0.1, 0.15) is 0 Å². The summed E-state index contributed by atoms with van der Waals surface area (Å²) >= 11 is 4.22. The monoisotopic (exact) mass is 238 g/mol. The van der Waals surface area contributed by atoms with Gasteiger partial charge in [0.05, 0.1) is 4.75 Å². The fourth-order valence-electron chi connectivity index (χ4n) is 1.25. The summed E-state index contributed by atoms with van der Waals surface area (Å²) in [6, 6.07) is 0. The van der Waals surface area contributed by atoms with Gasteiger partial charge in [-0.2, -0.15) is 12.6 Å². The Balaban J connectivity index is 3.16. The van der Waals surface area contributed by atoms with Crippen LogP contribution in [0.4, 0.5) is 8.78 Å². The van der Waals surface area contributed by atoms with E-state index in [2.05, 4.69) is 22.1 Å². The van der Waals surface area contributed by atoms with Gasteiger partial charge in [-0.05, 0) is 13.8 Å². The zero-order valence-electron chi connectivity index (χ0n) is 9.52. The van der Waals surface area contributed by atoms with Crippen LogP contribution in [0.3, 0.4) is 0 Å². The van der Waals surface area contributed by atoms with Crippen molar-refractivity contribution in [1.29, 1.82) is 0 Å². The standard InChI is InChI=1S/C10H16F2O2S/c1-8(2,3)6-7(9(4,5)15)14-10(11,12)13-6/h15H,1-5H3. The van der Waals surface area contributed by atoms with Crippen molar-refractivity contribution in [3.05, 3.63) is 11.5 Å². The molecule has 0 radical (unpaired) electrons. The van der Waals surface area contributed by atoms with Crippen molar-refractivity contribution in [2.75, 3.05) is 0 Å². The van der Waals surface area contributed by atoms with E-state index in [4.69, 9.17) is 0 Å². The molecule has 0 atom stereocenters. The van der Waals surface area contributed by atoms with Gasteiger partial charge in [0.15, 0.2) is 11.5 Å². The minimum absolute atomic E-state index is 0.100. The molecule has 0 amide bonds. The van der Waals surface area contributed by atoms with Gasteiger partial charge in [-0.15, -0.1) is 8.78 Å². The van der Waals surface area contributed by atoms with Crippen LogP contribution in [0.5, 0.6) is 0 Å². The van der Waals surface area contributed by atoms with E-state index >= 15 is 0 Å². The van der Waals surface area contributed by atoms with Crippen molar-refractivity contribution in [1.82, 2.24) is 0 Å².